The lowest BCUT2D eigenvalue weighted by atomic mass is 10.1. The van der Waals surface area contributed by atoms with Gasteiger partial charge in [-0.15, -0.1) is 0 Å². The topological polar surface area (TPSA) is 66.8 Å². The van der Waals surface area contributed by atoms with Crippen LogP contribution in [-0.2, 0) is 4.74 Å². The Bertz CT molecular complexity index is 426. The van der Waals surface area contributed by atoms with E-state index in [2.05, 4.69) is 4.74 Å². The van der Waals surface area contributed by atoms with E-state index in [1.807, 2.05) is 0 Å². The van der Waals surface area contributed by atoms with Crippen LogP contribution in [0.15, 0.2) is 18.2 Å². The maximum absolute atomic E-state index is 11.3. The molecule has 86 valence electrons. The van der Waals surface area contributed by atoms with E-state index >= 15 is 0 Å². The molecule has 16 heavy (non-hydrogen) atoms. The number of hydrogen-bond acceptors (Lipinski definition) is 4. The van der Waals surface area contributed by atoms with Crippen molar-refractivity contribution in [1.82, 2.24) is 0 Å². The number of anilines is 1. The number of methoxy groups -OCH3 is 1. The third kappa shape index (κ3) is 2.50. The number of esters is 1. The van der Waals surface area contributed by atoms with Crippen molar-refractivity contribution >= 4 is 17.6 Å². The van der Waals surface area contributed by atoms with E-state index in [4.69, 9.17) is 5.11 Å². The minimum Gasteiger partial charge on any atom is -0.478 e. The molecule has 0 aromatic heterocycles. The molecule has 0 fully saturated rings. The molecule has 0 atom stereocenters. The number of nitrogens with zero attached hydrogens (tertiary/aromatic N) is 1. The van der Waals surface area contributed by atoms with Crippen molar-refractivity contribution in [3.63, 3.8) is 0 Å². The first kappa shape index (κ1) is 12.0. The van der Waals surface area contributed by atoms with Crippen molar-refractivity contribution in [2.45, 2.75) is 0 Å². The van der Waals surface area contributed by atoms with Crippen molar-refractivity contribution in [2.75, 3.05) is 26.1 Å². The zero-order valence-electron chi connectivity index (χ0n) is 9.35. The number of rotatable bonds is 3. The highest BCUT2D eigenvalue weighted by Crippen LogP contribution is 2.18. The van der Waals surface area contributed by atoms with Gasteiger partial charge in [0.1, 0.15) is 0 Å². The zero-order valence-corrected chi connectivity index (χ0v) is 9.35. The molecule has 0 aliphatic rings. The fourth-order valence-electron chi connectivity index (χ4n) is 1.23. The number of carbonyl (C=O) groups is 2. The summed E-state index contributed by atoms with van der Waals surface area (Å²) in [5.74, 6) is -1.62. The maximum atomic E-state index is 11.3. The normalized spacial score (nSPS) is 9.69. The Morgan fingerprint density at radius 2 is 1.75 bits per heavy atom. The molecule has 1 aromatic carbocycles. The summed E-state index contributed by atoms with van der Waals surface area (Å²) in [4.78, 5) is 23.9. The highest BCUT2D eigenvalue weighted by Gasteiger charge is 2.13. The standard InChI is InChI=1S/C11H13NO4/c1-12(2)9-5-7(10(13)14)4-8(6-9)11(15)16-3/h4-6H,1-3H3,(H,13,14). The van der Waals surface area contributed by atoms with Gasteiger partial charge in [-0.05, 0) is 18.2 Å². The van der Waals surface area contributed by atoms with Crippen LogP contribution in [0.1, 0.15) is 20.7 Å². The molecule has 0 saturated heterocycles. The van der Waals surface area contributed by atoms with Crippen LogP contribution in [0.4, 0.5) is 5.69 Å². The molecule has 0 radical (unpaired) electrons. The van der Waals surface area contributed by atoms with Gasteiger partial charge in [-0.3, -0.25) is 0 Å². The van der Waals surface area contributed by atoms with Crippen molar-refractivity contribution in [1.29, 1.82) is 0 Å². The lowest BCUT2D eigenvalue weighted by Gasteiger charge is -2.14. The van der Waals surface area contributed by atoms with Gasteiger partial charge in [0, 0.05) is 19.8 Å². The number of carboxylic acids is 1. The van der Waals surface area contributed by atoms with Gasteiger partial charge in [-0.25, -0.2) is 9.59 Å². The van der Waals surface area contributed by atoms with E-state index < -0.39 is 11.9 Å². The number of carbonyl (C=O) groups excluding carboxylic acids is 1. The summed E-state index contributed by atoms with van der Waals surface area (Å²) in [6, 6.07) is 4.37. The molecule has 5 heteroatoms. The summed E-state index contributed by atoms with van der Waals surface area (Å²) in [5.41, 5.74) is 0.929. The van der Waals surface area contributed by atoms with E-state index in [9.17, 15) is 9.59 Å². The Morgan fingerprint density at radius 1 is 1.19 bits per heavy atom. The van der Waals surface area contributed by atoms with Crippen molar-refractivity contribution in [2.24, 2.45) is 0 Å². The highest BCUT2D eigenvalue weighted by molar-refractivity contribution is 5.96. The van der Waals surface area contributed by atoms with Crippen LogP contribution >= 0.6 is 0 Å². The molecule has 0 amide bonds. The van der Waals surface area contributed by atoms with Gasteiger partial charge in [0.25, 0.3) is 0 Å². The molecule has 5 nitrogen and oxygen atoms in total. The predicted molar refractivity (Wildman–Crippen MR) is 59.1 cm³/mol. The molecule has 0 heterocycles. The molecule has 0 saturated carbocycles. The Balaban J connectivity index is 3.29. The van der Waals surface area contributed by atoms with Gasteiger partial charge in [-0.2, -0.15) is 0 Å². The molecule has 0 spiro atoms. The monoisotopic (exact) mass is 223 g/mol. The molecule has 1 N–H and O–H groups in total. The summed E-state index contributed by atoms with van der Waals surface area (Å²) < 4.78 is 4.56. The maximum Gasteiger partial charge on any atom is 0.337 e. The summed E-state index contributed by atoms with van der Waals surface area (Å²) in [7, 11) is 4.79. The van der Waals surface area contributed by atoms with Crippen LogP contribution in [0.5, 0.6) is 0 Å². The molecule has 0 aliphatic heterocycles. The molecular weight excluding hydrogens is 210 g/mol. The van der Waals surface area contributed by atoms with Crippen LogP contribution in [-0.4, -0.2) is 38.3 Å². The molecule has 1 rings (SSSR count). The Hall–Kier alpha value is -2.04. The van der Waals surface area contributed by atoms with Gasteiger partial charge in [0.2, 0.25) is 0 Å². The van der Waals surface area contributed by atoms with E-state index in [1.165, 1.54) is 19.2 Å². The minimum atomic E-state index is -1.08. The smallest absolute Gasteiger partial charge is 0.337 e. The van der Waals surface area contributed by atoms with Gasteiger partial charge in [0.15, 0.2) is 0 Å². The van der Waals surface area contributed by atoms with Gasteiger partial charge >= 0.3 is 11.9 Å². The number of benzene rings is 1. The average Bonchev–Trinajstić information content (AvgIpc) is 2.27. The fraction of sp³-hybridized carbons (Fsp3) is 0.273. The zero-order chi connectivity index (χ0) is 12.3. The highest BCUT2D eigenvalue weighted by atomic mass is 16.5. The van der Waals surface area contributed by atoms with Crippen LogP contribution in [0, 0.1) is 0 Å². The van der Waals surface area contributed by atoms with E-state index in [1.54, 1.807) is 25.1 Å². The van der Waals surface area contributed by atoms with Crippen molar-refractivity contribution in [3.8, 4) is 0 Å². The third-order valence-corrected chi connectivity index (χ3v) is 2.10. The Kier molecular flexibility index (Phi) is 3.50. The third-order valence-electron chi connectivity index (χ3n) is 2.10. The van der Waals surface area contributed by atoms with Crippen LogP contribution in [0.3, 0.4) is 0 Å². The first-order valence-electron chi connectivity index (χ1n) is 4.59. The Labute approximate surface area is 93.2 Å². The average molecular weight is 223 g/mol. The predicted octanol–water partition coefficient (Wildman–Crippen LogP) is 1.24. The van der Waals surface area contributed by atoms with Crippen molar-refractivity contribution in [3.05, 3.63) is 29.3 Å². The quantitative estimate of drug-likeness (QED) is 0.781. The van der Waals surface area contributed by atoms with Gasteiger partial charge in [0.05, 0.1) is 18.2 Å². The van der Waals surface area contributed by atoms with Crippen LogP contribution in [0.2, 0.25) is 0 Å². The molecular formula is C11H13NO4. The first-order valence-corrected chi connectivity index (χ1v) is 4.59. The number of ether oxygens (including phenoxy) is 1. The minimum absolute atomic E-state index is 0.0617. The van der Waals surface area contributed by atoms with Crippen molar-refractivity contribution < 1.29 is 19.4 Å². The second-order valence-electron chi connectivity index (χ2n) is 3.46. The van der Waals surface area contributed by atoms with E-state index in [0.29, 0.717) is 5.69 Å². The second-order valence-corrected chi connectivity index (χ2v) is 3.46. The number of hydrogen-bond donors (Lipinski definition) is 1. The largest absolute Gasteiger partial charge is 0.478 e. The van der Waals surface area contributed by atoms with Gasteiger partial charge < -0.3 is 14.7 Å². The summed E-state index contributed by atoms with van der Waals surface area (Å²) in [6.45, 7) is 0. The second kappa shape index (κ2) is 4.65. The Morgan fingerprint density at radius 3 is 2.19 bits per heavy atom. The first-order chi connectivity index (χ1) is 7.45. The SMILES string of the molecule is COC(=O)c1cc(C(=O)O)cc(N(C)C)c1. The van der Waals surface area contributed by atoms with Gasteiger partial charge in [-0.1, -0.05) is 0 Å². The lowest BCUT2D eigenvalue weighted by molar-refractivity contribution is 0.0601. The fourth-order valence-corrected chi connectivity index (χ4v) is 1.23. The summed E-state index contributed by atoms with van der Waals surface area (Å²) in [5, 5.41) is 8.90. The molecule has 1 aromatic rings. The number of aromatic carboxylic acids is 1. The molecule has 0 bridgehead atoms. The number of carboxylic acid groups (broad SMARTS) is 1. The van der Waals surface area contributed by atoms with E-state index in [-0.39, 0.29) is 11.1 Å². The summed E-state index contributed by atoms with van der Waals surface area (Å²) in [6.07, 6.45) is 0. The molecule has 0 aliphatic carbocycles. The lowest BCUT2D eigenvalue weighted by Crippen LogP contribution is -2.12. The van der Waals surface area contributed by atoms with Crippen LogP contribution in [0.25, 0.3) is 0 Å². The summed E-state index contributed by atoms with van der Waals surface area (Å²) >= 11 is 0. The molecule has 0 unspecified atom stereocenters. The van der Waals surface area contributed by atoms with E-state index in [0.717, 1.165) is 0 Å². The van der Waals surface area contributed by atoms with Crippen LogP contribution < -0.4 is 4.90 Å².